The molecule has 0 unspecified atom stereocenters. The lowest BCUT2D eigenvalue weighted by Crippen LogP contribution is -2.27. The van der Waals surface area contributed by atoms with E-state index in [9.17, 15) is 4.79 Å². The van der Waals surface area contributed by atoms with E-state index in [1.165, 1.54) is 11.8 Å². The quantitative estimate of drug-likeness (QED) is 0.385. The van der Waals surface area contributed by atoms with Gasteiger partial charge in [0, 0.05) is 17.6 Å². The molecule has 0 bridgehead atoms. The van der Waals surface area contributed by atoms with Crippen LogP contribution in [0.1, 0.15) is 38.3 Å². The number of aromatic nitrogens is 3. The Hall–Kier alpha value is -1.56. The molecule has 2 aromatic rings. The van der Waals surface area contributed by atoms with Crippen LogP contribution < -0.4 is 5.56 Å². The van der Waals surface area contributed by atoms with E-state index in [0.717, 1.165) is 18.2 Å². The van der Waals surface area contributed by atoms with Crippen LogP contribution in [0.3, 0.4) is 0 Å². The van der Waals surface area contributed by atoms with Crippen molar-refractivity contribution in [1.29, 1.82) is 5.26 Å². The fraction of sp³-hybridized carbons (Fsp3) is 0.429. The second-order valence-electron chi connectivity index (χ2n) is 4.45. The molecular formula is C14H18N4O2S2. The summed E-state index contributed by atoms with van der Waals surface area (Å²) in [4.78, 5) is 21.1. The zero-order valence-electron chi connectivity index (χ0n) is 12.6. The molecule has 2 aromatic heterocycles. The van der Waals surface area contributed by atoms with E-state index in [2.05, 4.69) is 22.9 Å². The van der Waals surface area contributed by atoms with Crippen molar-refractivity contribution in [2.75, 3.05) is 6.26 Å². The SMILES string of the molecule is CCC(CC)n1c(=O)c(C#N)cc2cnc(SC)nc21.OS. The Bertz CT molecular complexity index is 736. The molecule has 0 saturated carbocycles. The van der Waals surface area contributed by atoms with E-state index >= 15 is 0 Å². The molecule has 0 spiro atoms. The van der Waals surface area contributed by atoms with Crippen molar-refractivity contribution in [3.8, 4) is 6.07 Å². The van der Waals surface area contributed by atoms with Gasteiger partial charge in [0.05, 0.1) is 0 Å². The van der Waals surface area contributed by atoms with Crippen LogP contribution in [0.15, 0.2) is 22.2 Å². The van der Waals surface area contributed by atoms with Crippen LogP contribution >= 0.6 is 24.7 Å². The highest BCUT2D eigenvalue weighted by Crippen LogP contribution is 2.21. The largest absolute Gasteiger partial charge is 0.333 e. The normalized spacial score (nSPS) is 10.2. The minimum Gasteiger partial charge on any atom is -0.333 e. The number of thiol groups is 1. The Morgan fingerprint density at radius 2 is 2.09 bits per heavy atom. The van der Waals surface area contributed by atoms with Gasteiger partial charge in [-0.2, -0.15) is 5.26 Å². The lowest BCUT2D eigenvalue weighted by Gasteiger charge is -2.18. The molecule has 0 amide bonds. The summed E-state index contributed by atoms with van der Waals surface area (Å²) in [5.74, 6) is 0. The maximum Gasteiger partial charge on any atom is 0.270 e. The highest BCUT2D eigenvalue weighted by atomic mass is 32.2. The lowest BCUT2D eigenvalue weighted by molar-refractivity contribution is 0.468. The average Bonchev–Trinajstić information content (AvgIpc) is 2.58. The first kappa shape index (κ1) is 18.5. The van der Waals surface area contributed by atoms with Gasteiger partial charge in [0.1, 0.15) is 17.3 Å². The van der Waals surface area contributed by atoms with E-state index < -0.39 is 0 Å². The lowest BCUT2D eigenvalue weighted by atomic mass is 10.1. The standard InChI is InChI=1S/C14H16N4OS.H2OS/c1-4-11(5-2)18-12-10(6-9(7-15)13(18)19)8-16-14(17-12)20-3;1-2/h6,8,11H,4-5H2,1-3H3;1-2H. The fourth-order valence-electron chi connectivity index (χ4n) is 2.28. The maximum atomic E-state index is 12.4. The molecule has 0 saturated heterocycles. The number of hydrogen-bond acceptors (Lipinski definition) is 7. The smallest absolute Gasteiger partial charge is 0.270 e. The van der Waals surface area contributed by atoms with Crippen LogP contribution in [0.5, 0.6) is 0 Å². The predicted octanol–water partition coefficient (Wildman–Crippen LogP) is 3.14. The van der Waals surface area contributed by atoms with E-state index in [1.54, 1.807) is 16.8 Å². The van der Waals surface area contributed by atoms with Crippen molar-refractivity contribution in [2.45, 2.75) is 37.9 Å². The molecule has 118 valence electrons. The van der Waals surface area contributed by atoms with Crippen LogP contribution in [0.25, 0.3) is 11.0 Å². The monoisotopic (exact) mass is 338 g/mol. The molecule has 0 aromatic carbocycles. The first-order valence-electron chi connectivity index (χ1n) is 6.72. The predicted molar refractivity (Wildman–Crippen MR) is 91.5 cm³/mol. The maximum absolute atomic E-state index is 12.4. The van der Waals surface area contributed by atoms with E-state index in [1.807, 2.05) is 26.2 Å². The second kappa shape index (κ2) is 8.78. The number of nitrogens with zero attached hydrogens (tertiary/aromatic N) is 4. The van der Waals surface area contributed by atoms with Gasteiger partial charge in [-0.05, 0) is 38.1 Å². The number of fused-ring (bicyclic) bond motifs is 1. The number of hydrogen-bond donors (Lipinski definition) is 2. The van der Waals surface area contributed by atoms with Gasteiger partial charge in [-0.25, -0.2) is 9.97 Å². The Kier molecular flexibility index (Phi) is 7.38. The molecule has 0 radical (unpaired) electrons. The van der Waals surface area contributed by atoms with Crippen molar-refractivity contribution in [1.82, 2.24) is 14.5 Å². The molecule has 2 rings (SSSR count). The minimum absolute atomic E-state index is 0.0444. The van der Waals surface area contributed by atoms with Gasteiger partial charge in [0.2, 0.25) is 0 Å². The van der Waals surface area contributed by atoms with Gasteiger partial charge in [0.25, 0.3) is 5.56 Å². The van der Waals surface area contributed by atoms with E-state index in [0.29, 0.717) is 10.8 Å². The summed E-state index contributed by atoms with van der Waals surface area (Å²) < 4.78 is 8.34. The van der Waals surface area contributed by atoms with E-state index in [-0.39, 0.29) is 17.2 Å². The Morgan fingerprint density at radius 1 is 1.45 bits per heavy atom. The van der Waals surface area contributed by atoms with Crippen molar-refractivity contribution in [2.24, 2.45) is 0 Å². The van der Waals surface area contributed by atoms with Gasteiger partial charge in [0.15, 0.2) is 5.16 Å². The number of rotatable bonds is 4. The van der Waals surface area contributed by atoms with E-state index in [4.69, 9.17) is 9.81 Å². The summed E-state index contributed by atoms with van der Waals surface area (Å²) in [6, 6.07) is 3.58. The first-order chi connectivity index (χ1) is 10.7. The van der Waals surface area contributed by atoms with Crippen molar-refractivity contribution >= 4 is 35.7 Å². The summed E-state index contributed by atoms with van der Waals surface area (Å²) >= 11 is 3.96. The molecule has 0 aliphatic rings. The topological polar surface area (TPSA) is 91.8 Å². The van der Waals surface area contributed by atoms with Crippen molar-refractivity contribution in [3.63, 3.8) is 0 Å². The molecule has 0 aliphatic heterocycles. The summed E-state index contributed by atoms with van der Waals surface area (Å²) in [6.07, 6.45) is 5.20. The van der Waals surface area contributed by atoms with Gasteiger partial charge in [-0.1, -0.05) is 25.6 Å². The molecule has 2 heterocycles. The fourth-order valence-corrected chi connectivity index (χ4v) is 2.61. The highest BCUT2D eigenvalue weighted by Gasteiger charge is 2.17. The number of pyridine rings is 1. The third-order valence-electron chi connectivity index (χ3n) is 3.36. The molecule has 0 atom stereocenters. The molecule has 0 aliphatic carbocycles. The summed E-state index contributed by atoms with van der Waals surface area (Å²) in [5, 5.41) is 10.5. The average molecular weight is 338 g/mol. The van der Waals surface area contributed by atoms with Crippen LogP contribution in [-0.2, 0) is 0 Å². The molecule has 8 heteroatoms. The first-order valence-corrected chi connectivity index (χ1v) is 8.35. The molecule has 0 fully saturated rings. The summed E-state index contributed by atoms with van der Waals surface area (Å²) in [6.45, 7) is 4.06. The molecule has 6 nitrogen and oxygen atoms in total. The summed E-state index contributed by atoms with van der Waals surface area (Å²) in [7, 11) is 0. The van der Waals surface area contributed by atoms with Crippen LogP contribution in [-0.4, -0.2) is 25.3 Å². The highest BCUT2D eigenvalue weighted by molar-refractivity contribution is 7.98. The van der Waals surface area contributed by atoms with Crippen LogP contribution in [0.2, 0.25) is 0 Å². The third kappa shape index (κ3) is 3.61. The molecule has 22 heavy (non-hydrogen) atoms. The third-order valence-corrected chi connectivity index (χ3v) is 3.92. The van der Waals surface area contributed by atoms with Gasteiger partial charge >= 0.3 is 0 Å². The Morgan fingerprint density at radius 3 is 2.59 bits per heavy atom. The van der Waals surface area contributed by atoms with Crippen LogP contribution in [0, 0.1) is 11.3 Å². The van der Waals surface area contributed by atoms with Gasteiger partial charge < -0.3 is 4.55 Å². The van der Waals surface area contributed by atoms with Crippen molar-refractivity contribution in [3.05, 3.63) is 28.2 Å². The zero-order chi connectivity index (χ0) is 16.7. The number of nitriles is 1. The van der Waals surface area contributed by atoms with Gasteiger partial charge in [-0.3, -0.25) is 9.36 Å². The van der Waals surface area contributed by atoms with Gasteiger partial charge in [-0.15, -0.1) is 0 Å². The molecule has 1 N–H and O–H groups in total. The Balaban J connectivity index is 0.00000116. The van der Waals surface area contributed by atoms with Crippen LogP contribution in [0.4, 0.5) is 0 Å². The summed E-state index contributed by atoms with van der Waals surface area (Å²) in [5.41, 5.74) is 0.492. The zero-order valence-corrected chi connectivity index (χ0v) is 14.4. The minimum atomic E-state index is -0.264. The van der Waals surface area contributed by atoms with Crippen molar-refractivity contribution < 1.29 is 4.55 Å². The molecular weight excluding hydrogens is 320 g/mol. The second-order valence-corrected chi connectivity index (χ2v) is 5.22. The number of thioether (sulfide) groups is 1. The Labute approximate surface area is 138 Å².